The summed E-state index contributed by atoms with van der Waals surface area (Å²) in [6, 6.07) is 3.92. The van der Waals surface area contributed by atoms with E-state index in [1.165, 1.54) is 19.3 Å². The highest BCUT2D eigenvalue weighted by Gasteiger charge is 2.57. The fourth-order valence-corrected chi connectivity index (χ4v) is 8.64. The van der Waals surface area contributed by atoms with E-state index >= 15 is 0 Å². The van der Waals surface area contributed by atoms with Gasteiger partial charge in [-0.15, -0.1) is 11.3 Å². The van der Waals surface area contributed by atoms with Crippen LogP contribution in [-0.4, -0.2) is 36.8 Å². The van der Waals surface area contributed by atoms with Crippen LogP contribution in [0.1, 0.15) is 43.4 Å². The van der Waals surface area contributed by atoms with Crippen molar-refractivity contribution in [2.75, 3.05) is 12.8 Å². The predicted octanol–water partition coefficient (Wildman–Crippen LogP) is 3.09. The van der Waals surface area contributed by atoms with Crippen LogP contribution in [0.5, 0.6) is 0 Å². The zero-order valence-corrected chi connectivity index (χ0v) is 15.7. The summed E-state index contributed by atoms with van der Waals surface area (Å²) in [5, 5.41) is 1.97. The summed E-state index contributed by atoms with van der Waals surface area (Å²) in [6.45, 7) is 0.493. The van der Waals surface area contributed by atoms with Gasteiger partial charge in [0.25, 0.3) is 0 Å². The smallest absolute Gasteiger partial charge is 0.237 e. The number of nitrogens with zero attached hydrogens (tertiary/aromatic N) is 1. The molecule has 4 aliphatic carbocycles. The van der Waals surface area contributed by atoms with E-state index in [0.717, 1.165) is 24.1 Å². The number of amides is 1. The van der Waals surface area contributed by atoms with Gasteiger partial charge in [0.05, 0.1) is 11.3 Å². The molecule has 1 amide bonds. The quantitative estimate of drug-likeness (QED) is 0.804. The van der Waals surface area contributed by atoms with Crippen molar-refractivity contribution in [3.63, 3.8) is 0 Å². The van der Waals surface area contributed by atoms with Gasteiger partial charge in [-0.05, 0) is 67.7 Å². The van der Waals surface area contributed by atoms with Crippen molar-refractivity contribution in [1.29, 1.82) is 0 Å². The maximum atomic E-state index is 13.2. The van der Waals surface area contributed by atoms with Gasteiger partial charge in [0.2, 0.25) is 5.91 Å². The molecule has 0 atom stereocenters. The lowest BCUT2D eigenvalue weighted by Crippen LogP contribution is -2.56. The first kappa shape index (κ1) is 16.6. The zero-order valence-electron chi connectivity index (χ0n) is 14.1. The number of carbonyl (C=O) groups is 1. The molecular formula is C18H25NO3S2. The zero-order chi connectivity index (χ0) is 16.9. The Bertz CT molecular complexity index is 688. The Hall–Kier alpha value is -0.880. The lowest BCUT2D eigenvalue weighted by molar-refractivity contribution is -0.127. The lowest BCUT2D eigenvalue weighted by atomic mass is 9.56. The molecule has 0 saturated heterocycles. The topological polar surface area (TPSA) is 54.5 Å². The Kier molecular flexibility index (Phi) is 4.03. The van der Waals surface area contributed by atoms with Gasteiger partial charge in [-0.3, -0.25) is 4.79 Å². The minimum Gasteiger partial charge on any atom is -0.340 e. The molecule has 0 spiro atoms. The third-order valence-electron chi connectivity index (χ3n) is 6.35. The fraction of sp³-hybridized carbons (Fsp3) is 0.722. The molecule has 0 aromatic carbocycles. The van der Waals surface area contributed by atoms with Crippen molar-refractivity contribution >= 4 is 27.1 Å². The molecule has 6 heteroatoms. The van der Waals surface area contributed by atoms with E-state index in [2.05, 4.69) is 0 Å². The molecule has 1 heterocycles. The molecule has 4 aliphatic rings. The molecule has 24 heavy (non-hydrogen) atoms. The highest BCUT2D eigenvalue weighted by Crippen LogP contribution is 2.58. The third-order valence-corrected chi connectivity index (χ3v) is 9.66. The van der Waals surface area contributed by atoms with Gasteiger partial charge in [-0.1, -0.05) is 6.07 Å². The highest BCUT2D eigenvalue weighted by molar-refractivity contribution is 7.93. The summed E-state index contributed by atoms with van der Waals surface area (Å²) >= 11 is 1.59. The van der Waals surface area contributed by atoms with E-state index in [4.69, 9.17) is 0 Å². The molecule has 1 aromatic heterocycles. The molecular weight excluding hydrogens is 342 g/mol. The van der Waals surface area contributed by atoms with Crippen molar-refractivity contribution in [3.8, 4) is 0 Å². The second-order valence-corrected chi connectivity index (χ2v) is 11.6. The van der Waals surface area contributed by atoms with Gasteiger partial charge < -0.3 is 4.90 Å². The summed E-state index contributed by atoms with van der Waals surface area (Å²) in [4.78, 5) is 15.2. The van der Waals surface area contributed by atoms with Gasteiger partial charge in [-0.2, -0.15) is 0 Å². The van der Waals surface area contributed by atoms with E-state index < -0.39 is 14.6 Å². The maximum Gasteiger partial charge on any atom is 0.237 e. The second kappa shape index (κ2) is 5.84. The van der Waals surface area contributed by atoms with Gasteiger partial charge in [0, 0.05) is 11.9 Å². The van der Waals surface area contributed by atoms with Crippen LogP contribution in [0.15, 0.2) is 17.5 Å². The summed E-state index contributed by atoms with van der Waals surface area (Å²) in [5.41, 5.74) is 0. The van der Waals surface area contributed by atoms with Crippen LogP contribution in [0.4, 0.5) is 0 Å². The molecule has 4 nitrogen and oxygen atoms in total. The standard InChI is InChI=1S/C18H25NO3S2/c1-19(11-16-3-2-4-23-16)17(20)12-24(21,22)18-8-13-5-14(9-18)7-15(6-13)10-18/h2-4,13-15H,5-12H2,1H3. The normalized spacial score (nSPS) is 34.5. The predicted molar refractivity (Wildman–Crippen MR) is 95.5 cm³/mol. The number of hydrogen-bond donors (Lipinski definition) is 0. The largest absolute Gasteiger partial charge is 0.340 e. The first-order valence-corrected chi connectivity index (χ1v) is 11.4. The Balaban J connectivity index is 1.48. The van der Waals surface area contributed by atoms with Crippen molar-refractivity contribution in [3.05, 3.63) is 22.4 Å². The van der Waals surface area contributed by atoms with Crippen LogP contribution in [-0.2, 0) is 21.2 Å². The van der Waals surface area contributed by atoms with E-state index in [1.54, 1.807) is 23.3 Å². The van der Waals surface area contributed by atoms with Crippen LogP contribution in [0.3, 0.4) is 0 Å². The molecule has 4 fully saturated rings. The minimum atomic E-state index is -3.39. The van der Waals surface area contributed by atoms with E-state index in [-0.39, 0.29) is 11.7 Å². The van der Waals surface area contributed by atoms with Crippen LogP contribution in [0, 0.1) is 17.8 Å². The van der Waals surface area contributed by atoms with Crippen molar-refractivity contribution in [2.24, 2.45) is 17.8 Å². The molecule has 0 radical (unpaired) electrons. The first-order chi connectivity index (χ1) is 11.4. The maximum absolute atomic E-state index is 13.2. The molecule has 4 saturated carbocycles. The number of carbonyl (C=O) groups excluding carboxylic acids is 1. The van der Waals surface area contributed by atoms with Gasteiger partial charge >= 0.3 is 0 Å². The summed E-state index contributed by atoms with van der Waals surface area (Å²) < 4.78 is 25.7. The second-order valence-electron chi connectivity index (χ2n) is 8.19. The third kappa shape index (κ3) is 2.81. The lowest BCUT2D eigenvalue weighted by Gasteiger charge is -2.55. The molecule has 4 bridgehead atoms. The average molecular weight is 368 g/mol. The van der Waals surface area contributed by atoms with Gasteiger partial charge in [-0.25, -0.2) is 8.42 Å². The fourth-order valence-electron chi connectivity index (χ4n) is 5.56. The molecule has 132 valence electrons. The number of rotatable bonds is 5. The highest BCUT2D eigenvalue weighted by atomic mass is 32.2. The van der Waals surface area contributed by atoms with Crippen molar-refractivity contribution in [2.45, 2.75) is 49.8 Å². The SMILES string of the molecule is CN(Cc1cccs1)C(=O)CS(=O)(=O)C12CC3CC(CC(C3)C1)C2. The number of thiophene rings is 1. The van der Waals surface area contributed by atoms with E-state index in [1.807, 2.05) is 17.5 Å². The molecule has 0 unspecified atom stereocenters. The van der Waals surface area contributed by atoms with E-state index in [0.29, 0.717) is 24.3 Å². The van der Waals surface area contributed by atoms with Crippen molar-refractivity contribution < 1.29 is 13.2 Å². The van der Waals surface area contributed by atoms with E-state index in [9.17, 15) is 13.2 Å². The number of sulfone groups is 1. The van der Waals surface area contributed by atoms with Crippen molar-refractivity contribution in [1.82, 2.24) is 4.90 Å². The summed E-state index contributed by atoms with van der Waals surface area (Å²) in [6.07, 6.45) is 6.01. The van der Waals surface area contributed by atoms with Gasteiger partial charge in [0.1, 0.15) is 5.75 Å². The number of hydrogen-bond acceptors (Lipinski definition) is 4. The molecule has 1 aromatic rings. The van der Waals surface area contributed by atoms with Crippen LogP contribution >= 0.6 is 11.3 Å². The summed E-state index contributed by atoms with van der Waals surface area (Å²) in [7, 11) is -1.68. The summed E-state index contributed by atoms with van der Waals surface area (Å²) in [5.74, 6) is 1.14. The Morgan fingerprint density at radius 2 is 1.79 bits per heavy atom. The molecule has 5 rings (SSSR count). The Labute approximate surface area is 148 Å². The average Bonchev–Trinajstić information content (AvgIpc) is 2.98. The molecule has 0 N–H and O–H groups in total. The Morgan fingerprint density at radius 1 is 1.21 bits per heavy atom. The minimum absolute atomic E-state index is 0.265. The first-order valence-electron chi connectivity index (χ1n) is 8.85. The van der Waals surface area contributed by atoms with Crippen LogP contribution in [0.2, 0.25) is 0 Å². The molecule has 0 aliphatic heterocycles. The Morgan fingerprint density at radius 3 is 2.29 bits per heavy atom. The monoisotopic (exact) mass is 367 g/mol. The van der Waals surface area contributed by atoms with Crippen LogP contribution < -0.4 is 0 Å². The van der Waals surface area contributed by atoms with Gasteiger partial charge in [0.15, 0.2) is 9.84 Å². The van der Waals surface area contributed by atoms with Crippen LogP contribution in [0.25, 0.3) is 0 Å².